The SMILES string of the molecule is CCOCCNC(=O)CCC(C)(C)CC(C)(C)CC. The summed E-state index contributed by atoms with van der Waals surface area (Å²) in [5.41, 5.74) is 0.575. The second-order valence-electron chi connectivity index (χ2n) is 6.91. The molecule has 0 spiro atoms. The Balaban J connectivity index is 3.93. The molecular formula is C16H33NO2. The predicted octanol–water partition coefficient (Wildman–Crippen LogP) is 3.77. The minimum atomic E-state index is 0.141. The maximum absolute atomic E-state index is 11.7. The fraction of sp³-hybridized carbons (Fsp3) is 0.938. The summed E-state index contributed by atoms with van der Waals surface area (Å²) in [7, 11) is 0. The van der Waals surface area contributed by atoms with Crippen LogP contribution in [0.1, 0.15) is 67.2 Å². The Bertz CT molecular complexity index is 259. The Kier molecular flexibility index (Phi) is 8.31. The van der Waals surface area contributed by atoms with Crippen LogP contribution in [0.15, 0.2) is 0 Å². The van der Waals surface area contributed by atoms with Crippen molar-refractivity contribution in [1.82, 2.24) is 5.32 Å². The van der Waals surface area contributed by atoms with Crippen LogP contribution >= 0.6 is 0 Å². The molecule has 0 aliphatic rings. The van der Waals surface area contributed by atoms with Crippen LogP contribution in [0.25, 0.3) is 0 Å². The maximum atomic E-state index is 11.7. The fourth-order valence-electron chi connectivity index (χ4n) is 2.46. The Morgan fingerprint density at radius 3 is 2.26 bits per heavy atom. The average Bonchev–Trinajstić information content (AvgIpc) is 2.31. The summed E-state index contributed by atoms with van der Waals surface area (Å²) in [5, 5.41) is 2.90. The Labute approximate surface area is 119 Å². The van der Waals surface area contributed by atoms with Crippen LogP contribution in [0, 0.1) is 10.8 Å². The molecule has 0 aromatic carbocycles. The average molecular weight is 271 g/mol. The van der Waals surface area contributed by atoms with Gasteiger partial charge in [-0.25, -0.2) is 0 Å². The van der Waals surface area contributed by atoms with Crippen LogP contribution in [-0.4, -0.2) is 25.7 Å². The van der Waals surface area contributed by atoms with E-state index in [-0.39, 0.29) is 11.3 Å². The molecule has 0 aromatic heterocycles. The number of hydrogen-bond acceptors (Lipinski definition) is 2. The van der Waals surface area contributed by atoms with Gasteiger partial charge in [0.1, 0.15) is 0 Å². The largest absolute Gasteiger partial charge is 0.380 e. The van der Waals surface area contributed by atoms with Crippen molar-refractivity contribution in [2.75, 3.05) is 19.8 Å². The van der Waals surface area contributed by atoms with Crippen LogP contribution in [0.4, 0.5) is 0 Å². The summed E-state index contributed by atoms with van der Waals surface area (Å²) in [6.07, 6.45) is 3.88. The molecule has 0 aliphatic carbocycles. The quantitative estimate of drug-likeness (QED) is 0.614. The number of carbonyl (C=O) groups is 1. The van der Waals surface area contributed by atoms with E-state index in [1.54, 1.807) is 0 Å². The Morgan fingerprint density at radius 2 is 1.74 bits per heavy atom. The van der Waals surface area contributed by atoms with E-state index in [9.17, 15) is 4.79 Å². The molecule has 1 N–H and O–H groups in total. The van der Waals surface area contributed by atoms with Crippen LogP contribution in [-0.2, 0) is 9.53 Å². The smallest absolute Gasteiger partial charge is 0.220 e. The van der Waals surface area contributed by atoms with Gasteiger partial charge in [0.2, 0.25) is 5.91 Å². The van der Waals surface area contributed by atoms with E-state index >= 15 is 0 Å². The lowest BCUT2D eigenvalue weighted by molar-refractivity contribution is -0.122. The number of carbonyl (C=O) groups excluding carboxylic acids is 1. The molecule has 0 atom stereocenters. The lowest BCUT2D eigenvalue weighted by Crippen LogP contribution is -2.29. The number of ether oxygens (including phenoxy) is 1. The van der Waals surface area contributed by atoms with Gasteiger partial charge < -0.3 is 10.1 Å². The summed E-state index contributed by atoms with van der Waals surface area (Å²) >= 11 is 0. The third kappa shape index (κ3) is 9.94. The van der Waals surface area contributed by atoms with Crippen molar-refractivity contribution in [2.45, 2.75) is 67.2 Å². The van der Waals surface area contributed by atoms with E-state index in [1.165, 1.54) is 6.42 Å². The van der Waals surface area contributed by atoms with Crippen molar-refractivity contribution in [3.63, 3.8) is 0 Å². The van der Waals surface area contributed by atoms with Gasteiger partial charge in [-0.2, -0.15) is 0 Å². The first kappa shape index (κ1) is 18.4. The number of nitrogens with one attached hydrogen (secondary N) is 1. The molecule has 0 unspecified atom stereocenters. The van der Waals surface area contributed by atoms with Gasteiger partial charge in [-0.05, 0) is 30.6 Å². The molecule has 0 saturated heterocycles. The van der Waals surface area contributed by atoms with E-state index in [1.807, 2.05) is 6.92 Å². The second-order valence-corrected chi connectivity index (χ2v) is 6.91. The first-order valence-electron chi connectivity index (χ1n) is 7.57. The van der Waals surface area contributed by atoms with Gasteiger partial charge in [0.05, 0.1) is 6.61 Å². The van der Waals surface area contributed by atoms with Gasteiger partial charge in [0.15, 0.2) is 0 Å². The summed E-state index contributed by atoms with van der Waals surface area (Å²) in [5.74, 6) is 0.141. The lowest BCUT2D eigenvalue weighted by atomic mass is 9.72. The van der Waals surface area contributed by atoms with Gasteiger partial charge in [-0.15, -0.1) is 0 Å². The second kappa shape index (κ2) is 8.57. The van der Waals surface area contributed by atoms with Crippen LogP contribution in [0.3, 0.4) is 0 Å². The third-order valence-corrected chi connectivity index (χ3v) is 3.72. The highest BCUT2D eigenvalue weighted by atomic mass is 16.5. The molecule has 0 rings (SSSR count). The molecule has 114 valence electrons. The van der Waals surface area contributed by atoms with Crippen molar-refractivity contribution >= 4 is 5.91 Å². The van der Waals surface area contributed by atoms with Crippen molar-refractivity contribution in [3.05, 3.63) is 0 Å². The lowest BCUT2D eigenvalue weighted by Gasteiger charge is -2.34. The summed E-state index contributed by atoms with van der Waals surface area (Å²) in [6, 6.07) is 0. The topological polar surface area (TPSA) is 38.3 Å². The Hall–Kier alpha value is -0.570. The number of amides is 1. The molecule has 0 aliphatic heterocycles. The molecule has 3 heteroatoms. The molecule has 1 amide bonds. The molecule has 3 nitrogen and oxygen atoms in total. The fourth-order valence-corrected chi connectivity index (χ4v) is 2.46. The van der Waals surface area contributed by atoms with E-state index in [2.05, 4.69) is 39.9 Å². The third-order valence-electron chi connectivity index (χ3n) is 3.72. The highest BCUT2D eigenvalue weighted by Gasteiger charge is 2.27. The van der Waals surface area contributed by atoms with Gasteiger partial charge in [0, 0.05) is 19.6 Å². The summed E-state index contributed by atoms with van der Waals surface area (Å²) in [6.45, 7) is 15.2. The normalized spacial score (nSPS) is 12.5. The first-order valence-corrected chi connectivity index (χ1v) is 7.57. The van der Waals surface area contributed by atoms with Gasteiger partial charge in [-0.1, -0.05) is 41.0 Å². The van der Waals surface area contributed by atoms with Gasteiger partial charge >= 0.3 is 0 Å². The molecule has 0 saturated carbocycles. The zero-order chi connectivity index (χ0) is 14.9. The van der Waals surface area contributed by atoms with Gasteiger partial charge in [0.25, 0.3) is 0 Å². The van der Waals surface area contributed by atoms with Crippen molar-refractivity contribution in [3.8, 4) is 0 Å². The van der Waals surface area contributed by atoms with E-state index in [4.69, 9.17) is 4.74 Å². The number of hydrogen-bond donors (Lipinski definition) is 1. The first-order chi connectivity index (χ1) is 8.72. The highest BCUT2D eigenvalue weighted by molar-refractivity contribution is 5.75. The molecule has 0 heterocycles. The highest BCUT2D eigenvalue weighted by Crippen LogP contribution is 2.38. The molecular weight excluding hydrogens is 238 g/mol. The Morgan fingerprint density at radius 1 is 1.11 bits per heavy atom. The minimum absolute atomic E-state index is 0.141. The predicted molar refractivity (Wildman–Crippen MR) is 81.2 cm³/mol. The standard InChI is InChI=1S/C16H33NO2/c1-7-15(3,4)13-16(5,6)10-9-14(18)17-11-12-19-8-2/h7-13H2,1-6H3,(H,17,18). The van der Waals surface area contributed by atoms with E-state index in [0.717, 1.165) is 12.8 Å². The summed E-state index contributed by atoms with van der Waals surface area (Å²) in [4.78, 5) is 11.7. The molecule has 0 fully saturated rings. The van der Waals surface area contributed by atoms with Crippen LogP contribution in [0.5, 0.6) is 0 Å². The number of rotatable bonds is 10. The molecule has 0 radical (unpaired) electrons. The molecule has 19 heavy (non-hydrogen) atoms. The maximum Gasteiger partial charge on any atom is 0.220 e. The van der Waals surface area contributed by atoms with Gasteiger partial charge in [-0.3, -0.25) is 4.79 Å². The monoisotopic (exact) mass is 271 g/mol. The van der Waals surface area contributed by atoms with Crippen LogP contribution in [0.2, 0.25) is 0 Å². The molecule has 0 aromatic rings. The van der Waals surface area contributed by atoms with Crippen molar-refractivity contribution < 1.29 is 9.53 Å². The van der Waals surface area contributed by atoms with Crippen molar-refractivity contribution in [1.29, 1.82) is 0 Å². The van der Waals surface area contributed by atoms with Crippen LogP contribution < -0.4 is 5.32 Å². The summed E-state index contributed by atoms with van der Waals surface area (Å²) < 4.78 is 5.19. The zero-order valence-corrected chi connectivity index (χ0v) is 13.8. The minimum Gasteiger partial charge on any atom is -0.380 e. The van der Waals surface area contributed by atoms with E-state index in [0.29, 0.717) is 31.6 Å². The zero-order valence-electron chi connectivity index (χ0n) is 13.8. The molecule has 0 bridgehead atoms. The van der Waals surface area contributed by atoms with E-state index < -0.39 is 0 Å². The van der Waals surface area contributed by atoms with Crippen molar-refractivity contribution in [2.24, 2.45) is 10.8 Å².